The van der Waals surface area contributed by atoms with Gasteiger partial charge in [-0.05, 0) is 24.6 Å². The molecule has 0 saturated heterocycles. The fraction of sp³-hybridized carbons (Fsp3) is 0.278. The first kappa shape index (κ1) is 16.0. The van der Waals surface area contributed by atoms with E-state index in [1.54, 1.807) is 18.4 Å². The van der Waals surface area contributed by atoms with Crippen LogP contribution in [0.1, 0.15) is 42.2 Å². The second kappa shape index (κ2) is 6.70. The van der Waals surface area contributed by atoms with Crippen LogP contribution in [0, 0.1) is 6.92 Å². The normalized spacial score (nSPS) is 17.0. The molecular formula is C18H18N2O4. The molecule has 6 heteroatoms. The topological polar surface area (TPSA) is 83.1 Å². The summed E-state index contributed by atoms with van der Waals surface area (Å²) < 4.78 is 5.38. The van der Waals surface area contributed by atoms with Crippen molar-refractivity contribution < 1.29 is 19.1 Å². The fourth-order valence-electron chi connectivity index (χ4n) is 2.71. The summed E-state index contributed by atoms with van der Waals surface area (Å²) in [6.45, 7) is 2.00. The number of hydrogen-bond donors (Lipinski definition) is 1. The number of carboxylic acids is 1. The van der Waals surface area contributed by atoms with Crippen LogP contribution in [0.5, 0.6) is 0 Å². The van der Waals surface area contributed by atoms with E-state index in [1.807, 2.05) is 31.2 Å². The predicted molar refractivity (Wildman–Crippen MR) is 87.5 cm³/mol. The molecule has 1 N–H and O–H groups in total. The highest BCUT2D eigenvalue weighted by Gasteiger charge is 2.33. The van der Waals surface area contributed by atoms with E-state index in [0.29, 0.717) is 17.9 Å². The van der Waals surface area contributed by atoms with Crippen LogP contribution >= 0.6 is 0 Å². The Morgan fingerprint density at radius 2 is 2.00 bits per heavy atom. The Balaban J connectivity index is 1.87. The maximum atomic E-state index is 12.4. The smallest absolute Gasteiger partial charge is 0.303 e. The number of amides is 1. The zero-order valence-corrected chi connectivity index (χ0v) is 13.3. The van der Waals surface area contributed by atoms with E-state index in [2.05, 4.69) is 5.10 Å². The molecule has 1 aromatic carbocycles. The second-order valence-corrected chi connectivity index (χ2v) is 5.79. The fourth-order valence-corrected chi connectivity index (χ4v) is 2.71. The van der Waals surface area contributed by atoms with Crippen LogP contribution in [-0.2, 0) is 9.59 Å². The Morgan fingerprint density at radius 3 is 2.62 bits per heavy atom. The lowest BCUT2D eigenvalue weighted by Crippen LogP contribution is -2.27. The highest BCUT2D eigenvalue weighted by molar-refractivity contribution is 6.01. The molecule has 24 heavy (non-hydrogen) atoms. The van der Waals surface area contributed by atoms with Gasteiger partial charge >= 0.3 is 5.97 Å². The van der Waals surface area contributed by atoms with Gasteiger partial charge in [0.05, 0.1) is 18.7 Å². The molecule has 124 valence electrons. The summed E-state index contributed by atoms with van der Waals surface area (Å²) in [7, 11) is 0. The lowest BCUT2D eigenvalue weighted by molar-refractivity contribution is -0.141. The van der Waals surface area contributed by atoms with Gasteiger partial charge in [0.15, 0.2) is 0 Å². The van der Waals surface area contributed by atoms with Crippen LogP contribution in [-0.4, -0.2) is 27.7 Å². The number of nitrogens with zero attached hydrogens (tertiary/aromatic N) is 2. The number of aliphatic carboxylic acids is 1. The highest BCUT2D eigenvalue weighted by atomic mass is 16.4. The third-order valence-corrected chi connectivity index (χ3v) is 3.99. The summed E-state index contributed by atoms with van der Waals surface area (Å²) >= 11 is 0. The monoisotopic (exact) mass is 326 g/mol. The largest absolute Gasteiger partial charge is 0.481 e. The summed E-state index contributed by atoms with van der Waals surface area (Å²) in [5.74, 6) is -0.671. The zero-order valence-electron chi connectivity index (χ0n) is 13.3. The summed E-state index contributed by atoms with van der Waals surface area (Å²) in [4.78, 5) is 23.2. The minimum atomic E-state index is -0.996. The van der Waals surface area contributed by atoms with E-state index in [-0.39, 0.29) is 24.8 Å². The van der Waals surface area contributed by atoms with Gasteiger partial charge in [-0.2, -0.15) is 5.10 Å². The maximum Gasteiger partial charge on any atom is 0.303 e. The Kier molecular flexibility index (Phi) is 4.46. The predicted octanol–water partition coefficient (Wildman–Crippen LogP) is 3.13. The molecule has 2 aromatic rings. The van der Waals surface area contributed by atoms with Gasteiger partial charge < -0.3 is 9.52 Å². The van der Waals surface area contributed by atoms with Gasteiger partial charge in [0, 0.05) is 12.8 Å². The SMILES string of the molecule is Cc1ccc([C@H]2CC(c3ccco3)=NN2C(=O)CCC(=O)O)cc1. The lowest BCUT2D eigenvalue weighted by Gasteiger charge is -2.22. The first-order valence-electron chi connectivity index (χ1n) is 7.76. The number of benzene rings is 1. The summed E-state index contributed by atoms with van der Waals surface area (Å²) in [6, 6.07) is 11.2. The molecule has 0 spiro atoms. The standard InChI is InChI=1S/C18H18N2O4/c1-12-4-6-13(7-5-12)15-11-14(16-3-2-10-24-16)19-20(15)17(21)8-9-18(22)23/h2-7,10,15H,8-9,11H2,1H3,(H,22,23)/t15-/m1/s1. The molecule has 0 bridgehead atoms. The van der Waals surface area contributed by atoms with Crippen molar-refractivity contribution in [1.29, 1.82) is 0 Å². The van der Waals surface area contributed by atoms with Crippen molar-refractivity contribution in [3.05, 3.63) is 59.5 Å². The van der Waals surface area contributed by atoms with E-state index in [1.165, 1.54) is 5.01 Å². The van der Waals surface area contributed by atoms with Gasteiger partial charge in [0.1, 0.15) is 11.5 Å². The van der Waals surface area contributed by atoms with Crippen molar-refractivity contribution >= 4 is 17.6 Å². The van der Waals surface area contributed by atoms with Crippen molar-refractivity contribution in [3.63, 3.8) is 0 Å². The number of hydrogen-bond acceptors (Lipinski definition) is 4. The average Bonchev–Trinajstić information content (AvgIpc) is 3.22. The molecule has 0 radical (unpaired) electrons. The summed E-state index contributed by atoms with van der Waals surface area (Å²) in [6.07, 6.45) is 1.82. The van der Waals surface area contributed by atoms with Gasteiger partial charge in [0.25, 0.3) is 0 Å². The molecule has 1 aliphatic heterocycles. The number of furan rings is 1. The minimum absolute atomic E-state index is 0.0768. The zero-order chi connectivity index (χ0) is 17.1. The van der Waals surface area contributed by atoms with Crippen LogP contribution in [0.3, 0.4) is 0 Å². The molecule has 0 unspecified atom stereocenters. The van der Waals surface area contributed by atoms with Crippen molar-refractivity contribution in [2.75, 3.05) is 0 Å². The Morgan fingerprint density at radius 1 is 1.25 bits per heavy atom. The number of rotatable bonds is 5. The van der Waals surface area contributed by atoms with Crippen LogP contribution in [0.2, 0.25) is 0 Å². The molecule has 6 nitrogen and oxygen atoms in total. The van der Waals surface area contributed by atoms with Crippen LogP contribution in [0.15, 0.2) is 52.2 Å². The minimum Gasteiger partial charge on any atom is -0.481 e. The third-order valence-electron chi connectivity index (χ3n) is 3.99. The molecule has 1 aliphatic rings. The van der Waals surface area contributed by atoms with Crippen molar-refractivity contribution in [1.82, 2.24) is 5.01 Å². The third kappa shape index (κ3) is 3.37. The number of carbonyl (C=O) groups is 2. The molecule has 0 aliphatic carbocycles. The number of carbonyl (C=O) groups excluding carboxylic acids is 1. The van der Waals surface area contributed by atoms with Crippen molar-refractivity contribution in [2.24, 2.45) is 5.10 Å². The van der Waals surface area contributed by atoms with Gasteiger partial charge in [-0.3, -0.25) is 9.59 Å². The average molecular weight is 326 g/mol. The maximum absolute atomic E-state index is 12.4. The molecule has 3 rings (SSSR count). The number of aryl methyl sites for hydroxylation is 1. The molecular weight excluding hydrogens is 308 g/mol. The van der Waals surface area contributed by atoms with Gasteiger partial charge in [-0.25, -0.2) is 5.01 Å². The first-order chi connectivity index (χ1) is 11.5. The van der Waals surface area contributed by atoms with Gasteiger partial charge in [-0.15, -0.1) is 0 Å². The molecule has 2 heterocycles. The van der Waals surface area contributed by atoms with Crippen LogP contribution in [0.4, 0.5) is 0 Å². The first-order valence-corrected chi connectivity index (χ1v) is 7.76. The molecule has 1 amide bonds. The number of hydrazone groups is 1. The molecule has 1 aromatic heterocycles. The van der Waals surface area contributed by atoms with E-state index in [9.17, 15) is 9.59 Å². The molecule has 0 saturated carbocycles. The summed E-state index contributed by atoms with van der Waals surface area (Å²) in [5.41, 5.74) is 2.79. The van der Waals surface area contributed by atoms with Crippen molar-refractivity contribution in [3.8, 4) is 0 Å². The summed E-state index contributed by atoms with van der Waals surface area (Å²) in [5, 5.41) is 14.6. The Labute approximate surface area is 139 Å². The Hall–Kier alpha value is -2.89. The Bertz CT molecular complexity index is 763. The van der Waals surface area contributed by atoms with E-state index in [0.717, 1.165) is 11.1 Å². The quantitative estimate of drug-likeness (QED) is 0.915. The van der Waals surface area contributed by atoms with Crippen molar-refractivity contribution in [2.45, 2.75) is 32.2 Å². The highest BCUT2D eigenvalue weighted by Crippen LogP contribution is 2.33. The van der Waals surface area contributed by atoms with Gasteiger partial charge in [-0.1, -0.05) is 29.8 Å². The molecule has 1 atom stereocenters. The van der Waals surface area contributed by atoms with E-state index < -0.39 is 5.97 Å². The second-order valence-electron chi connectivity index (χ2n) is 5.79. The lowest BCUT2D eigenvalue weighted by atomic mass is 9.99. The van der Waals surface area contributed by atoms with E-state index >= 15 is 0 Å². The van der Waals surface area contributed by atoms with Crippen LogP contribution in [0.25, 0.3) is 0 Å². The van der Waals surface area contributed by atoms with E-state index in [4.69, 9.17) is 9.52 Å². The van der Waals surface area contributed by atoms with Crippen LogP contribution < -0.4 is 0 Å². The van der Waals surface area contributed by atoms with Gasteiger partial charge in [0.2, 0.25) is 5.91 Å². The number of carboxylic acid groups (broad SMARTS) is 1. The molecule has 0 fully saturated rings.